The van der Waals surface area contributed by atoms with Crippen LogP contribution in [0.1, 0.15) is 32.4 Å². The molecule has 0 amide bonds. The van der Waals surface area contributed by atoms with E-state index < -0.39 is 0 Å². The van der Waals surface area contributed by atoms with Crippen molar-refractivity contribution in [1.82, 2.24) is 9.97 Å². The molecule has 86 valence electrons. The molecule has 2 rings (SSSR count). The summed E-state index contributed by atoms with van der Waals surface area (Å²) in [6, 6.07) is 0. The fourth-order valence-corrected chi connectivity index (χ4v) is 2.22. The third-order valence-corrected chi connectivity index (χ3v) is 3.09. The van der Waals surface area contributed by atoms with Gasteiger partial charge >= 0.3 is 0 Å². The van der Waals surface area contributed by atoms with E-state index in [1.165, 1.54) is 0 Å². The molecule has 0 atom stereocenters. The first kappa shape index (κ1) is 10.9. The lowest BCUT2D eigenvalue weighted by atomic mass is 10.0. The summed E-state index contributed by atoms with van der Waals surface area (Å²) in [5.41, 5.74) is 6.08. The molecule has 1 aromatic heterocycles. The molecular formula is C11H17N5. The van der Waals surface area contributed by atoms with E-state index in [-0.39, 0.29) is 11.4 Å². The fraction of sp³-hybridized carbons (Fsp3) is 0.545. The summed E-state index contributed by atoms with van der Waals surface area (Å²) in [6.45, 7) is 5.31. The zero-order valence-electron chi connectivity index (χ0n) is 9.70. The van der Waals surface area contributed by atoms with Crippen LogP contribution in [0, 0.1) is 5.41 Å². The van der Waals surface area contributed by atoms with Gasteiger partial charge in [0, 0.05) is 24.5 Å². The Bertz CT molecular complexity index is 413. The molecule has 0 aliphatic carbocycles. The highest BCUT2D eigenvalue weighted by Crippen LogP contribution is 2.33. The second kappa shape index (κ2) is 3.73. The molecular weight excluding hydrogens is 202 g/mol. The second-order valence-electron chi connectivity index (χ2n) is 4.71. The molecule has 16 heavy (non-hydrogen) atoms. The van der Waals surface area contributed by atoms with Gasteiger partial charge in [0.2, 0.25) is 0 Å². The van der Waals surface area contributed by atoms with Gasteiger partial charge in [-0.05, 0) is 26.7 Å². The Morgan fingerprint density at radius 2 is 2.12 bits per heavy atom. The van der Waals surface area contributed by atoms with E-state index in [9.17, 15) is 0 Å². The van der Waals surface area contributed by atoms with Crippen LogP contribution in [0.15, 0.2) is 12.4 Å². The molecule has 5 nitrogen and oxygen atoms in total. The average molecular weight is 219 g/mol. The number of hydrogen-bond donors (Lipinski definition) is 2. The maximum atomic E-state index is 7.52. The van der Waals surface area contributed by atoms with Gasteiger partial charge in [-0.1, -0.05) is 0 Å². The first-order valence-corrected chi connectivity index (χ1v) is 5.45. The van der Waals surface area contributed by atoms with Crippen molar-refractivity contribution in [3.63, 3.8) is 0 Å². The predicted molar refractivity (Wildman–Crippen MR) is 63.7 cm³/mol. The van der Waals surface area contributed by atoms with Crippen molar-refractivity contribution < 1.29 is 0 Å². The van der Waals surface area contributed by atoms with Crippen molar-refractivity contribution in [3.05, 3.63) is 18.1 Å². The third-order valence-electron chi connectivity index (χ3n) is 3.09. The number of hydrogen-bond acceptors (Lipinski definition) is 4. The lowest BCUT2D eigenvalue weighted by Gasteiger charge is -2.33. The molecule has 0 bridgehead atoms. The molecule has 0 unspecified atom stereocenters. The van der Waals surface area contributed by atoms with Crippen LogP contribution in [-0.2, 0) is 0 Å². The van der Waals surface area contributed by atoms with Crippen molar-refractivity contribution in [1.29, 1.82) is 5.41 Å². The summed E-state index contributed by atoms with van der Waals surface area (Å²) in [7, 11) is 0. The minimum Gasteiger partial charge on any atom is -0.382 e. The molecule has 0 spiro atoms. The molecule has 0 radical (unpaired) electrons. The first-order valence-electron chi connectivity index (χ1n) is 5.45. The van der Waals surface area contributed by atoms with Crippen LogP contribution < -0.4 is 10.6 Å². The van der Waals surface area contributed by atoms with Crippen molar-refractivity contribution in [2.75, 3.05) is 11.4 Å². The van der Waals surface area contributed by atoms with Gasteiger partial charge in [-0.15, -0.1) is 0 Å². The lowest BCUT2D eigenvalue weighted by Crippen LogP contribution is -2.40. The van der Waals surface area contributed by atoms with E-state index in [2.05, 4.69) is 28.7 Å². The molecule has 3 N–H and O–H groups in total. The minimum absolute atomic E-state index is 0.0224. The number of rotatable bonds is 2. The van der Waals surface area contributed by atoms with Crippen LogP contribution in [0.2, 0.25) is 0 Å². The Morgan fingerprint density at radius 3 is 2.69 bits per heavy atom. The topological polar surface area (TPSA) is 78.9 Å². The molecule has 1 aromatic rings. The Labute approximate surface area is 95.2 Å². The summed E-state index contributed by atoms with van der Waals surface area (Å²) < 4.78 is 0. The van der Waals surface area contributed by atoms with Gasteiger partial charge in [0.25, 0.3) is 0 Å². The van der Waals surface area contributed by atoms with Gasteiger partial charge in [-0.3, -0.25) is 5.41 Å². The quantitative estimate of drug-likeness (QED) is 0.577. The Kier molecular flexibility index (Phi) is 2.53. The standard InChI is InChI=1S/C11H17N5/c1-11(2)4-3-7-16(11)10-8(9(12)13)14-5-6-15-10/h5-6H,3-4,7H2,1-2H3,(H3,12,13). The highest BCUT2D eigenvalue weighted by Gasteiger charge is 2.34. The molecule has 1 aliphatic rings. The number of nitrogens with zero attached hydrogens (tertiary/aromatic N) is 3. The van der Waals surface area contributed by atoms with E-state index in [1.807, 2.05) is 0 Å². The number of aromatic nitrogens is 2. The molecule has 0 saturated carbocycles. The van der Waals surface area contributed by atoms with E-state index in [0.717, 1.165) is 25.2 Å². The van der Waals surface area contributed by atoms with Crippen LogP contribution in [0.4, 0.5) is 5.82 Å². The Balaban J connectivity index is 2.44. The molecule has 5 heteroatoms. The maximum absolute atomic E-state index is 7.52. The number of nitrogen functional groups attached to an aromatic ring is 1. The van der Waals surface area contributed by atoms with Gasteiger partial charge in [0.15, 0.2) is 5.82 Å². The molecule has 2 heterocycles. The number of anilines is 1. The maximum Gasteiger partial charge on any atom is 0.158 e. The summed E-state index contributed by atoms with van der Waals surface area (Å²) in [4.78, 5) is 10.6. The molecule has 1 saturated heterocycles. The van der Waals surface area contributed by atoms with E-state index in [0.29, 0.717) is 5.69 Å². The fourth-order valence-electron chi connectivity index (χ4n) is 2.22. The SMILES string of the molecule is CC1(C)CCCN1c1nccnc1C(=N)N. The largest absolute Gasteiger partial charge is 0.382 e. The summed E-state index contributed by atoms with van der Waals surface area (Å²) >= 11 is 0. The number of amidine groups is 1. The smallest absolute Gasteiger partial charge is 0.158 e. The van der Waals surface area contributed by atoms with Crippen LogP contribution in [0.3, 0.4) is 0 Å². The van der Waals surface area contributed by atoms with Crippen molar-refractivity contribution in [2.24, 2.45) is 5.73 Å². The first-order chi connectivity index (χ1) is 7.52. The summed E-state index contributed by atoms with van der Waals surface area (Å²) in [5, 5.41) is 7.52. The van der Waals surface area contributed by atoms with Gasteiger partial charge in [0.05, 0.1) is 0 Å². The van der Waals surface area contributed by atoms with Crippen molar-refractivity contribution in [2.45, 2.75) is 32.2 Å². The average Bonchev–Trinajstić information content (AvgIpc) is 2.58. The minimum atomic E-state index is -0.0224. The normalized spacial score (nSPS) is 18.8. The predicted octanol–water partition coefficient (Wildman–Crippen LogP) is 1.14. The number of nitrogens with one attached hydrogen (secondary N) is 1. The van der Waals surface area contributed by atoms with Gasteiger partial charge in [-0.2, -0.15) is 0 Å². The van der Waals surface area contributed by atoms with Crippen LogP contribution in [-0.4, -0.2) is 27.9 Å². The highest BCUT2D eigenvalue weighted by molar-refractivity contribution is 5.97. The van der Waals surface area contributed by atoms with E-state index in [1.54, 1.807) is 12.4 Å². The zero-order chi connectivity index (χ0) is 11.8. The van der Waals surface area contributed by atoms with Gasteiger partial charge in [-0.25, -0.2) is 9.97 Å². The van der Waals surface area contributed by atoms with Crippen LogP contribution >= 0.6 is 0 Å². The van der Waals surface area contributed by atoms with Crippen LogP contribution in [0.25, 0.3) is 0 Å². The van der Waals surface area contributed by atoms with Crippen LogP contribution in [0.5, 0.6) is 0 Å². The van der Waals surface area contributed by atoms with Gasteiger partial charge in [0.1, 0.15) is 11.5 Å². The lowest BCUT2D eigenvalue weighted by molar-refractivity contribution is 0.513. The van der Waals surface area contributed by atoms with E-state index >= 15 is 0 Å². The Morgan fingerprint density at radius 1 is 1.44 bits per heavy atom. The Hall–Kier alpha value is -1.65. The zero-order valence-corrected chi connectivity index (χ0v) is 9.70. The summed E-state index contributed by atoms with van der Waals surface area (Å²) in [6.07, 6.45) is 5.49. The highest BCUT2D eigenvalue weighted by atomic mass is 15.3. The molecule has 1 fully saturated rings. The number of nitrogens with two attached hydrogens (primary N) is 1. The third kappa shape index (κ3) is 1.73. The summed E-state index contributed by atoms with van der Waals surface area (Å²) in [5.74, 6) is 0.711. The molecule has 0 aromatic carbocycles. The van der Waals surface area contributed by atoms with Gasteiger partial charge < -0.3 is 10.6 Å². The van der Waals surface area contributed by atoms with Crippen molar-refractivity contribution >= 4 is 11.7 Å². The van der Waals surface area contributed by atoms with E-state index in [4.69, 9.17) is 11.1 Å². The molecule has 1 aliphatic heterocycles. The van der Waals surface area contributed by atoms with Crippen molar-refractivity contribution in [3.8, 4) is 0 Å². The second-order valence-corrected chi connectivity index (χ2v) is 4.71. The monoisotopic (exact) mass is 219 g/mol.